The van der Waals surface area contributed by atoms with Crippen LogP contribution in [0, 0.1) is 17.0 Å². The van der Waals surface area contributed by atoms with Crippen LogP contribution < -0.4 is 11.1 Å². The van der Waals surface area contributed by atoms with E-state index in [9.17, 15) is 13.6 Å². The normalized spacial score (nSPS) is 11.4. The molecule has 1 rings (SSSR count). The quantitative estimate of drug-likeness (QED) is 0.714. The molecule has 0 unspecified atom stereocenters. The van der Waals surface area contributed by atoms with Crippen LogP contribution in [0.25, 0.3) is 0 Å². The van der Waals surface area contributed by atoms with E-state index in [1.807, 2.05) is 13.8 Å². The molecule has 1 amide bonds. The molecule has 0 aliphatic carbocycles. The Balaban J connectivity index is 2.77. The van der Waals surface area contributed by atoms with Crippen molar-refractivity contribution in [2.75, 3.05) is 18.9 Å². The number of hydrogen-bond acceptors (Lipinski definition) is 3. The van der Waals surface area contributed by atoms with Crippen LogP contribution in [0.1, 0.15) is 30.6 Å². The molecule has 0 spiro atoms. The summed E-state index contributed by atoms with van der Waals surface area (Å²) in [7, 11) is 0. The molecule has 0 radical (unpaired) electrons. The van der Waals surface area contributed by atoms with Crippen LogP contribution >= 0.6 is 0 Å². The molecule has 0 bridgehead atoms. The lowest BCUT2D eigenvalue weighted by atomic mass is 9.89. The van der Waals surface area contributed by atoms with E-state index in [2.05, 4.69) is 5.32 Å². The molecule has 0 aliphatic rings. The van der Waals surface area contributed by atoms with E-state index in [0.717, 1.165) is 12.1 Å². The predicted octanol–water partition coefficient (Wildman–Crippen LogP) is 1.69. The smallest absolute Gasteiger partial charge is 0.253 e. The molecule has 0 atom stereocenters. The number of hydrogen-bond donors (Lipinski definition) is 3. The van der Waals surface area contributed by atoms with Crippen LogP contribution in [-0.2, 0) is 0 Å². The number of carbonyl (C=O) groups is 1. The third-order valence-electron chi connectivity index (χ3n) is 2.85. The van der Waals surface area contributed by atoms with E-state index < -0.39 is 17.5 Å². The van der Waals surface area contributed by atoms with Gasteiger partial charge in [-0.3, -0.25) is 4.79 Å². The van der Waals surface area contributed by atoms with Crippen LogP contribution in [0.5, 0.6) is 0 Å². The molecule has 0 saturated carbocycles. The van der Waals surface area contributed by atoms with Gasteiger partial charge < -0.3 is 16.2 Å². The molecule has 4 nitrogen and oxygen atoms in total. The number of aliphatic hydroxyl groups is 1. The molecule has 0 aromatic heterocycles. The Bertz CT molecular complexity index is 476. The van der Waals surface area contributed by atoms with E-state index in [-0.39, 0.29) is 23.3 Å². The van der Waals surface area contributed by atoms with Gasteiger partial charge in [-0.05, 0) is 17.9 Å². The SMILES string of the molecule is CC(C)(CCO)CNC(=O)c1cc(F)c(F)cc1N. The Kier molecular flexibility index (Phi) is 4.83. The largest absolute Gasteiger partial charge is 0.398 e. The van der Waals surface area contributed by atoms with Crippen LogP contribution in [0.3, 0.4) is 0 Å². The van der Waals surface area contributed by atoms with Crippen molar-refractivity contribution in [1.82, 2.24) is 5.32 Å². The highest BCUT2D eigenvalue weighted by Crippen LogP contribution is 2.20. The number of nitrogen functional groups attached to an aromatic ring is 1. The number of amides is 1. The van der Waals surface area contributed by atoms with Gasteiger partial charge in [-0.25, -0.2) is 8.78 Å². The molecule has 0 saturated heterocycles. The average molecular weight is 272 g/mol. The van der Waals surface area contributed by atoms with E-state index in [1.165, 1.54) is 0 Å². The Morgan fingerprint density at radius 3 is 2.53 bits per heavy atom. The summed E-state index contributed by atoms with van der Waals surface area (Å²) in [5, 5.41) is 11.5. The van der Waals surface area contributed by atoms with Crippen molar-refractivity contribution in [2.45, 2.75) is 20.3 Å². The zero-order chi connectivity index (χ0) is 14.6. The maximum absolute atomic E-state index is 13.1. The van der Waals surface area contributed by atoms with Crippen LogP contribution in [0.4, 0.5) is 14.5 Å². The highest BCUT2D eigenvalue weighted by atomic mass is 19.2. The van der Waals surface area contributed by atoms with Gasteiger partial charge in [-0.2, -0.15) is 0 Å². The third kappa shape index (κ3) is 4.17. The first-order chi connectivity index (χ1) is 8.76. The second-order valence-electron chi connectivity index (χ2n) is 5.17. The van der Waals surface area contributed by atoms with Crippen molar-refractivity contribution >= 4 is 11.6 Å². The maximum Gasteiger partial charge on any atom is 0.253 e. The van der Waals surface area contributed by atoms with Crippen molar-refractivity contribution in [3.63, 3.8) is 0 Å². The topological polar surface area (TPSA) is 75.3 Å². The molecule has 6 heteroatoms. The van der Waals surface area contributed by atoms with Gasteiger partial charge >= 0.3 is 0 Å². The average Bonchev–Trinajstić information content (AvgIpc) is 2.31. The first kappa shape index (κ1) is 15.4. The Morgan fingerprint density at radius 1 is 1.37 bits per heavy atom. The summed E-state index contributed by atoms with van der Waals surface area (Å²) >= 11 is 0. The van der Waals surface area contributed by atoms with E-state index in [4.69, 9.17) is 10.8 Å². The summed E-state index contributed by atoms with van der Waals surface area (Å²) < 4.78 is 26.0. The Labute approximate surface area is 110 Å². The van der Waals surface area contributed by atoms with Crippen molar-refractivity contribution in [3.8, 4) is 0 Å². The second-order valence-corrected chi connectivity index (χ2v) is 5.17. The molecule has 0 aliphatic heterocycles. The molecule has 0 heterocycles. The van der Waals surface area contributed by atoms with E-state index >= 15 is 0 Å². The van der Waals surface area contributed by atoms with Crippen molar-refractivity contribution < 1.29 is 18.7 Å². The molecule has 1 aromatic rings. The van der Waals surface area contributed by atoms with Gasteiger partial charge in [0.15, 0.2) is 11.6 Å². The first-order valence-electron chi connectivity index (χ1n) is 5.90. The van der Waals surface area contributed by atoms with Gasteiger partial charge in [0.25, 0.3) is 5.91 Å². The number of rotatable bonds is 5. The van der Waals surface area contributed by atoms with Gasteiger partial charge in [-0.1, -0.05) is 13.8 Å². The van der Waals surface area contributed by atoms with Crippen LogP contribution in [0.15, 0.2) is 12.1 Å². The fraction of sp³-hybridized carbons (Fsp3) is 0.462. The van der Waals surface area contributed by atoms with Gasteiger partial charge in [0, 0.05) is 24.9 Å². The zero-order valence-corrected chi connectivity index (χ0v) is 11.0. The van der Waals surface area contributed by atoms with Crippen molar-refractivity contribution in [1.29, 1.82) is 0 Å². The number of nitrogens with one attached hydrogen (secondary N) is 1. The minimum atomic E-state index is -1.12. The van der Waals surface area contributed by atoms with Crippen molar-refractivity contribution in [3.05, 3.63) is 29.3 Å². The standard InChI is InChI=1S/C13H18F2N2O2/c1-13(2,3-4-18)7-17-12(19)8-5-9(14)10(15)6-11(8)16/h5-6,18H,3-4,7,16H2,1-2H3,(H,17,19). The highest BCUT2D eigenvalue weighted by Gasteiger charge is 2.20. The number of aliphatic hydroxyl groups excluding tert-OH is 1. The van der Waals surface area contributed by atoms with Gasteiger partial charge in [0.05, 0.1) is 5.56 Å². The summed E-state index contributed by atoms with van der Waals surface area (Å²) in [6.45, 7) is 4.05. The fourth-order valence-corrected chi connectivity index (χ4v) is 1.56. The molecule has 4 N–H and O–H groups in total. The summed E-state index contributed by atoms with van der Waals surface area (Å²) in [5.74, 6) is -2.77. The molecular weight excluding hydrogens is 254 g/mol. The van der Waals surface area contributed by atoms with Crippen LogP contribution in [0.2, 0.25) is 0 Å². The maximum atomic E-state index is 13.1. The number of nitrogens with two attached hydrogens (primary N) is 1. The highest BCUT2D eigenvalue weighted by molar-refractivity contribution is 5.99. The molecule has 0 fully saturated rings. The number of anilines is 1. The Hall–Kier alpha value is -1.69. The monoisotopic (exact) mass is 272 g/mol. The van der Waals surface area contributed by atoms with Gasteiger partial charge in [-0.15, -0.1) is 0 Å². The van der Waals surface area contributed by atoms with E-state index in [1.54, 1.807) is 0 Å². The lowest BCUT2D eigenvalue weighted by Crippen LogP contribution is -2.35. The summed E-state index contributed by atoms with van der Waals surface area (Å²) in [4.78, 5) is 11.8. The number of carbonyl (C=O) groups excluding carboxylic acids is 1. The van der Waals surface area contributed by atoms with Gasteiger partial charge in [0.1, 0.15) is 0 Å². The molecule has 19 heavy (non-hydrogen) atoms. The first-order valence-corrected chi connectivity index (χ1v) is 5.90. The number of halogens is 2. The lowest BCUT2D eigenvalue weighted by molar-refractivity contribution is 0.0928. The second kappa shape index (κ2) is 5.97. The molecule has 1 aromatic carbocycles. The van der Waals surface area contributed by atoms with Crippen molar-refractivity contribution in [2.24, 2.45) is 5.41 Å². The molecule has 106 valence electrons. The summed E-state index contributed by atoms with van der Waals surface area (Å²) in [6, 6.07) is 1.56. The fourth-order valence-electron chi connectivity index (χ4n) is 1.56. The minimum absolute atomic E-state index is 0.0101. The lowest BCUT2D eigenvalue weighted by Gasteiger charge is -2.24. The van der Waals surface area contributed by atoms with Gasteiger partial charge in [0.2, 0.25) is 0 Å². The Morgan fingerprint density at radius 2 is 1.95 bits per heavy atom. The third-order valence-corrected chi connectivity index (χ3v) is 2.85. The predicted molar refractivity (Wildman–Crippen MR) is 68.6 cm³/mol. The summed E-state index contributed by atoms with van der Waals surface area (Å²) in [6.07, 6.45) is 0.514. The van der Waals surface area contributed by atoms with Crippen LogP contribution in [-0.4, -0.2) is 24.2 Å². The van der Waals surface area contributed by atoms with E-state index in [0.29, 0.717) is 13.0 Å². The summed E-state index contributed by atoms with van der Waals surface area (Å²) in [5.41, 5.74) is 4.97. The minimum Gasteiger partial charge on any atom is -0.398 e. The molecular formula is C13H18F2N2O2. The zero-order valence-electron chi connectivity index (χ0n) is 11.0. The number of benzene rings is 1.